The summed E-state index contributed by atoms with van der Waals surface area (Å²) in [6.45, 7) is 2.10. The number of thiocarbonyl (C=S) groups is 1. The Morgan fingerprint density at radius 1 is 1.67 bits per heavy atom. The second-order valence-corrected chi connectivity index (χ2v) is 5.07. The van der Waals surface area contributed by atoms with Gasteiger partial charge in [-0.25, -0.2) is 0 Å². The van der Waals surface area contributed by atoms with E-state index in [1.807, 2.05) is 18.2 Å². The molecule has 0 spiro atoms. The molecule has 1 aromatic heterocycles. The first-order valence-corrected chi connectivity index (χ1v) is 7.90. The molecule has 0 bridgehead atoms. The predicted molar refractivity (Wildman–Crippen MR) is 58.7 cm³/mol. The number of hydrogen-bond donors (Lipinski definition) is 0. The van der Waals surface area contributed by atoms with Gasteiger partial charge in [0.1, 0.15) is 0 Å². The standard InChI is InChI=1S/C8H9NS2.Ga/c1-2-6-4-3-5-7(9-6)8(10)11;/h3-5H,2H2,1H3,(H,10,11);/q;+1/p-1. The van der Waals surface area contributed by atoms with Crippen LogP contribution in [0, 0.1) is 0 Å². The van der Waals surface area contributed by atoms with E-state index >= 15 is 0 Å². The monoisotopic (exact) mass is 251 g/mol. The summed E-state index contributed by atoms with van der Waals surface area (Å²) in [6, 6.07) is 6.00. The Labute approximate surface area is 91.1 Å². The first kappa shape index (κ1) is 10.3. The number of nitrogens with zero attached hydrogens (tertiary/aromatic N) is 1. The predicted octanol–water partition coefficient (Wildman–Crippen LogP) is 2.14. The number of pyridine rings is 1. The van der Waals surface area contributed by atoms with Crippen LogP contribution >= 0.6 is 21.9 Å². The van der Waals surface area contributed by atoms with Crippen LogP contribution < -0.4 is 0 Å². The average Bonchev–Trinajstić information content (AvgIpc) is 2.17. The summed E-state index contributed by atoms with van der Waals surface area (Å²) in [5.41, 5.74) is 2.05. The van der Waals surface area contributed by atoms with Crippen LogP contribution in [0.4, 0.5) is 0 Å². The molecule has 1 aromatic rings. The molecule has 0 aromatic carbocycles. The normalized spacial score (nSPS) is 9.75. The van der Waals surface area contributed by atoms with Gasteiger partial charge in [-0.1, -0.05) is 0 Å². The van der Waals surface area contributed by atoms with E-state index < -0.39 is 0 Å². The van der Waals surface area contributed by atoms with E-state index in [0.717, 1.165) is 22.0 Å². The molecule has 0 aliphatic rings. The summed E-state index contributed by atoms with van der Waals surface area (Å²) in [7, 11) is 1.63. The number of rotatable bonds is 2. The van der Waals surface area contributed by atoms with Gasteiger partial charge in [-0.15, -0.1) is 0 Å². The van der Waals surface area contributed by atoms with Crippen molar-refractivity contribution in [1.29, 1.82) is 0 Å². The summed E-state index contributed by atoms with van der Waals surface area (Å²) in [5.74, 6) is 0. The van der Waals surface area contributed by atoms with E-state index in [1.54, 1.807) is 27.1 Å². The van der Waals surface area contributed by atoms with Crippen molar-refractivity contribution in [3.63, 3.8) is 0 Å². The summed E-state index contributed by atoms with van der Waals surface area (Å²) in [5, 5.41) is 0. The van der Waals surface area contributed by atoms with Crippen LogP contribution in [0.25, 0.3) is 0 Å². The maximum absolute atomic E-state index is 5.15. The molecule has 0 aliphatic carbocycles. The molecule has 0 amide bonds. The van der Waals surface area contributed by atoms with E-state index in [2.05, 4.69) is 11.9 Å². The Bertz CT molecular complexity index is 288. The molecule has 1 heterocycles. The van der Waals surface area contributed by atoms with Crippen LogP contribution in [-0.2, 0) is 6.42 Å². The molecule has 0 N–H and O–H groups in total. The van der Waals surface area contributed by atoms with Gasteiger partial charge >= 0.3 is 91.4 Å². The molecule has 60 valence electrons. The minimum absolute atomic E-state index is 0.894. The van der Waals surface area contributed by atoms with Crippen LogP contribution in [0.5, 0.6) is 0 Å². The summed E-state index contributed by atoms with van der Waals surface area (Å²) in [6.07, 6.45) is 0.968. The SMILES string of the molecule is CCc1cccc(C(=S)[S][Ga])n1. The molecule has 0 fully saturated rings. The molecule has 1 rings (SSSR count). The van der Waals surface area contributed by atoms with Crippen molar-refractivity contribution < 1.29 is 0 Å². The van der Waals surface area contributed by atoms with Gasteiger partial charge in [0.05, 0.1) is 0 Å². The van der Waals surface area contributed by atoms with Crippen molar-refractivity contribution in [2.45, 2.75) is 13.3 Å². The van der Waals surface area contributed by atoms with Crippen molar-refractivity contribution in [3.8, 4) is 0 Å². The summed E-state index contributed by atoms with van der Waals surface area (Å²) < 4.78 is 0.894. The molecular weight excluding hydrogens is 244 g/mol. The van der Waals surface area contributed by atoms with Gasteiger partial charge in [0.25, 0.3) is 0 Å². The number of hydrogen-bond acceptors (Lipinski definition) is 3. The topological polar surface area (TPSA) is 12.9 Å². The van der Waals surface area contributed by atoms with Crippen LogP contribution in [0.15, 0.2) is 18.2 Å². The second-order valence-electron chi connectivity index (χ2n) is 2.27. The molecule has 1 nitrogen and oxygen atoms in total. The summed E-state index contributed by atoms with van der Waals surface area (Å²) in [4.78, 5) is 4.41. The van der Waals surface area contributed by atoms with Gasteiger partial charge in [0.15, 0.2) is 0 Å². The molecule has 2 radical (unpaired) electrons. The molecule has 4 heteroatoms. The zero-order valence-corrected chi connectivity index (χ0v) is 10.8. The maximum atomic E-state index is 5.15. The zero-order valence-electron chi connectivity index (χ0n) is 6.78. The molecule has 12 heavy (non-hydrogen) atoms. The Kier molecular flexibility index (Phi) is 4.35. The molecule has 0 unspecified atom stereocenters. The van der Waals surface area contributed by atoms with E-state index in [0.29, 0.717) is 0 Å². The fourth-order valence-electron chi connectivity index (χ4n) is 0.851. The Morgan fingerprint density at radius 2 is 2.42 bits per heavy atom. The van der Waals surface area contributed by atoms with E-state index in [-0.39, 0.29) is 0 Å². The number of aryl methyl sites for hydroxylation is 1. The van der Waals surface area contributed by atoms with E-state index in [4.69, 9.17) is 12.2 Å². The van der Waals surface area contributed by atoms with Gasteiger partial charge in [-0.2, -0.15) is 0 Å². The quantitative estimate of drug-likeness (QED) is 0.591. The Morgan fingerprint density at radius 3 is 3.00 bits per heavy atom. The zero-order chi connectivity index (χ0) is 8.97. The fraction of sp³-hybridized carbons (Fsp3) is 0.250. The first-order valence-electron chi connectivity index (χ1n) is 3.65. The van der Waals surface area contributed by atoms with Crippen molar-refractivity contribution in [2.75, 3.05) is 0 Å². The first-order chi connectivity index (χ1) is 5.77. The molecular formula is C8H8GaNS2. The van der Waals surface area contributed by atoms with Gasteiger partial charge in [-0.3, -0.25) is 0 Å². The Hall–Kier alpha value is 0.226. The van der Waals surface area contributed by atoms with Gasteiger partial charge in [0.2, 0.25) is 0 Å². The number of aromatic nitrogens is 1. The third kappa shape index (κ3) is 2.62. The third-order valence-electron chi connectivity index (χ3n) is 1.49. The van der Waals surface area contributed by atoms with E-state index in [1.165, 1.54) is 0 Å². The molecule has 0 saturated carbocycles. The van der Waals surface area contributed by atoms with Gasteiger partial charge in [-0.05, 0) is 0 Å². The van der Waals surface area contributed by atoms with Crippen LogP contribution in [0.1, 0.15) is 18.3 Å². The second kappa shape index (κ2) is 5.06. The Balaban J connectivity index is 2.93. The van der Waals surface area contributed by atoms with Crippen molar-refractivity contribution >= 4 is 43.5 Å². The van der Waals surface area contributed by atoms with Gasteiger partial charge < -0.3 is 0 Å². The van der Waals surface area contributed by atoms with E-state index in [9.17, 15) is 0 Å². The molecule has 0 atom stereocenters. The average molecular weight is 252 g/mol. The van der Waals surface area contributed by atoms with Crippen molar-refractivity contribution in [1.82, 2.24) is 4.98 Å². The molecule has 0 aliphatic heterocycles. The minimum atomic E-state index is 0.894. The van der Waals surface area contributed by atoms with Crippen LogP contribution in [0.2, 0.25) is 0 Å². The van der Waals surface area contributed by atoms with Crippen LogP contribution in [0.3, 0.4) is 0 Å². The fourth-order valence-corrected chi connectivity index (χ4v) is 1.96. The third-order valence-corrected chi connectivity index (χ3v) is 4.96. The van der Waals surface area contributed by atoms with Crippen molar-refractivity contribution in [2.24, 2.45) is 0 Å². The summed E-state index contributed by atoms with van der Waals surface area (Å²) >= 11 is 6.70. The molecule has 0 saturated heterocycles. The van der Waals surface area contributed by atoms with Gasteiger partial charge in [0, 0.05) is 0 Å². The van der Waals surface area contributed by atoms with Crippen LogP contribution in [-0.4, -0.2) is 26.6 Å². The van der Waals surface area contributed by atoms with Crippen molar-refractivity contribution in [3.05, 3.63) is 29.6 Å².